The maximum atomic E-state index is 15.7. The van der Waals surface area contributed by atoms with E-state index in [4.69, 9.17) is 5.41 Å². The number of anilines is 3. The Morgan fingerprint density at radius 3 is 2.62 bits per heavy atom. The second-order valence-corrected chi connectivity index (χ2v) is 16.8. The lowest BCUT2D eigenvalue weighted by Crippen LogP contribution is -2.49. The van der Waals surface area contributed by atoms with Gasteiger partial charge in [-0.05, 0) is 68.7 Å². The SMILES string of the molecule is Cn1nc(C2CCC(=O)NC2=O)c2ccc(N[C@H]3CCN(CC4CCC(n5cc(NC(=O)c6cnn7ccc(N8CC(=N)C[C@@H](F)C8)nc67)c(C(F)F)n5)CC4)C[C@H]3F)cc21. The van der Waals surface area contributed by atoms with Crippen molar-refractivity contribution in [3.8, 4) is 0 Å². The molecule has 3 saturated heterocycles. The summed E-state index contributed by atoms with van der Waals surface area (Å²) in [7, 11) is 1.80. The average Bonchev–Trinajstić information content (AvgIpc) is 3.94. The van der Waals surface area contributed by atoms with Crippen LogP contribution < -0.4 is 20.9 Å². The fraction of sp³-hybridized carbons (Fsp3) is 0.512. The molecule has 1 saturated carbocycles. The van der Waals surface area contributed by atoms with Crippen LogP contribution in [0.5, 0.6) is 0 Å². The van der Waals surface area contributed by atoms with E-state index in [1.807, 2.05) is 18.2 Å². The summed E-state index contributed by atoms with van der Waals surface area (Å²) in [5, 5.41) is 30.2. The van der Waals surface area contributed by atoms with E-state index in [0.29, 0.717) is 43.1 Å². The van der Waals surface area contributed by atoms with Crippen LogP contribution >= 0.6 is 0 Å². The second kappa shape index (κ2) is 16.5. The van der Waals surface area contributed by atoms with Crippen molar-refractivity contribution in [1.82, 2.24) is 44.4 Å². The first kappa shape index (κ1) is 40.5. The topological polar surface area (TPSA) is 183 Å². The highest BCUT2D eigenvalue weighted by atomic mass is 19.3. The van der Waals surface area contributed by atoms with Crippen LogP contribution in [0.15, 0.2) is 42.9 Å². The first-order chi connectivity index (χ1) is 29.4. The Bertz CT molecular complexity index is 2490. The normalized spacial score (nSPS) is 25.4. The molecule has 9 rings (SSSR count). The molecular formula is C41H47F4N13O3. The van der Waals surface area contributed by atoms with Crippen molar-refractivity contribution in [3.63, 3.8) is 0 Å². The second-order valence-electron chi connectivity index (χ2n) is 16.8. The molecule has 1 aliphatic carbocycles. The number of nitrogens with one attached hydrogen (secondary N) is 4. The monoisotopic (exact) mass is 845 g/mol. The summed E-state index contributed by atoms with van der Waals surface area (Å²) in [5.41, 5.74) is 2.00. The number of fused-ring (bicyclic) bond motifs is 2. The van der Waals surface area contributed by atoms with Crippen LogP contribution in [0.25, 0.3) is 16.6 Å². The Hall–Kier alpha value is -5.92. The van der Waals surface area contributed by atoms with Crippen molar-refractivity contribution >= 4 is 57.2 Å². The van der Waals surface area contributed by atoms with E-state index >= 15 is 4.39 Å². The molecule has 20 heteroatoms. The highest BCUT2D eigenvalue weighted by molar-refractivity contribution is 6.08. The molecule has 0 radical (unpaired) electrons. The van der Waals surface area contributed by atoms with E-state index in [9.17, 15) is 27.6 Å². The Morgan fingerprint density at radius 2 is 1.87 bits per heavy atom. The van der Waals surface area contributed by atoms with Gasteiger partial charge in [-0.2, -0.15) is 15.3 Å². The average molecular weight is 846 g/mol. The number of carbonyl (C=O) groups excluding carboxylic acids is 3. The van der Waals surface area contributed by atoms with Crippen LogP contribution in [0.3, 0.4) is 0 Å². The van der Waals surface area contributed by atoms with Gasteiger partial charge >= 0.3 is 0 Å². The molecule has 5 aromatic rings. The van der Waals surface area contributed by atoms with Crippen LogP contribution in [0, 0.1) is 11.3 Å². The van der Waals surface area contributed by atoms with Crippen LogP contribution in [-0.2, 0) is 16.6 Å². The summed E-state index contributed by atoms with van der Waals surface area (Å²) in [5.74, 6) is -1.14. The van der Waals surface area contributed by atoms with Crippen LogP contribution in [-0.4, -0.2) is 114 Å². The van der Waals surface area contributed by atoms with Gasteiger partial charge in [-0.25, -0.2) is 27.1 Å². The van der Waals surface area contributed by atoms with Crippen LogP contribution in [0.4, 0.5) is 34.8 Å². The number of aryl methyl sites for hydroxylation is 1. The summed E-state index contributed by atoms with van der Waals surface area (Å²) < 4.78 is 63.0. The van der Waals surface area contributed by atoms with E-state index < -0.39 is 36.3 Å². The molecule has 1 unspecified atom stereocenters. The van der Waals surface area contributed by atoms with Gasteiger partial charge in [0.05, 0.1) is 54.2 Å². The predicted molar refractivity (Wildman–Crippen MR) is 218 cm³/mol. The molecule has 4 N–H and O–H groups in total. The molecule has 3 amide bonds. The molecule has 1 aromatic carbocycles. The summed E-state index contributed by atoms with van der Waals surface area (Å²) in [6.45, 7) is 2.00. The fourth-order valence-corrected chi connectivity index (χ4v) is 9.39. The highest BCUT2D eigenvalue weighted by Gasteiger charge is 2.35. The zero-order valence-electron chi connectivity index (χ0n) is 33.5. The van der Waals surface area contributed by atoms with Gasteiger partial charge in [0.2, 0.25) is 11.8 Å². The van der Waals surface area contributed by atoms with Gasteiger partial charge in [-0.15, -0.1) is 0 Å². The number of imide groups is 1. The molecule has 0 bridgehead atoms. The summed E-state index contributed by atoms with van der Waals surface area (Å²) in [4.78, 5) is 46.0. The summed E-state index contributed by atoms with van der Waals surface area (Å²) in [6, 6.07) is 6.78. The van der Waals surface area contributed by atoms with Gasteiger partial charge in [-0.1, -0.05) is 0 Å². The molecule has 4 fully saturated rings. The summed E-state index contributed by atoms with van der Waals surface area (Å²) >= 11 is 0. The molecule has 3 aliphatic heterocycles. The van der Waals surface area contributed by atoms with Crippen molar-refractivity contribution < 1.29 is 31.9 Å². The zero-order valence-corrected chi connectivity index (χ0v) is 33.5. The molecule has 7 heterocycles. The molecule has 4 aromatic heterocycles. The third kappa shape index (κ3) is 8.28. The number of carbonyl (C=O) groups is 3. The minimum Gasteiger partial charge on any atom is -0.379 e. The van der Waals surface area contributed by atoms with E-state index in [2.05, 4.69) is 41.1 Å². The smallest absolute Gasteiger partial charge is 0.284 e. The van der Waals surface area contributed by atoms with Gasteiger partial charge in [-0.3, -0.25) is 29.1 Å². The molecule has 322 valence electrons. The van der Waals surface area contributed by atoms with Crippen molar-refractivity contribution in [2.24, 2.45) is 13.0 Å². The number of rotatable bonds is 10. The van der Waals surface area contributed by atoms with Crippen molar-refractivity contribution in [2.45, 2.75) is 88.1 Å². The van der Waals surface area contributed by atoms with E-state index in [0.717, 1.165) is 42.5 Å². The van der Waals surface area contributed by atoms with E-state index in [1.54, 1.807) is 28.9 Å². The number of aromatic nitrogens is 7. The Balaban J connectivity index is 0.783. The van der Waals surface area contributed by atoms with Gasteiger partial charge < -0.3 is 25.8 Å². The molecule has 4 aliphatic rings. The largest absolute Gasteiger partial charge is 0.379 e. The number of nitrogens with zero attached hydrogens (tertiary/aromatic N) is 9. The molecule has 16 nitrogen and oxygen atoms in total. The number of halogens is 4. The Labute approximate surface area is 347 Å². The van der Waals surface area contributed by atoms with Crippen molar-refractivity contribution in [3.05, 3.63) is 59.8 Å². The lowest BCUT2D eigenvalue weighted by atomic mass is 9.85. The number of hydrogen-bond acceptors (Lipinski definition) is 11. The number of hydrogen-bond donors (Lipinski definition) is 4. The maximum Gasteiger partial charge on any atom is 0.284 e. The lowest BCUT2D eigenvalue weighted by molar-refractivity contribution is -0.134. The van der Waals surface area contributed by atoms with Gasteiger partial charge in [0, 0.05) is 68.7 Å². The number of piperidine rings is 3. The molecule has 61 heavy (non-hydrogen) atoms. The maximum absolute atomic E-state index is 15.7. The van der Waals surface area contributed by atoms with Crippen molar-refractivity contribution in [2.75, 3.05) is 48.3 Å². The van der Waals surface area contributed by atoms with E-state index in [-0.39, 0.29) is 79.0 Å². The first-order valence-electron chi connectivity index (χ1n) is 20.8. The molecular weight excluding hydrogens is 799 g/mol. The minimum atomic E-state index is -2.94. The zero-order chi connectivity index (χ0) is 42.5. The Kier molecular flexibility index (Phi) is 11.0. The van der Waals surface area contributed by atoms with Gasteiger partial charge in [0.15, 0.2) is 11.3 Å². The van der Waals surface area contributed by atoms with Gasteiger partial charge in [0.25, 0.3) is 12.3 Å². The van der Waals surface area contributed by atoms with E-state index in [1.165, 1.54) is 21.6 Å². The molecule has 4 atom stereocenters. The minimum absolute atomic E-state index is 0.0443. The fourth-order valence-electron chi connectivity index (χ4n) is 9.39. The number of amides is 3. The lowest BCUT2D eigenvalue weighted by Gasteiger charge is -2.38. The Morgan fingerprint density at radius 1 is 1.05 bits per heavy atom. The third-order valence-electron chi connectivity index (χ3n) is 12.5. The quantitative estimate of drug-likeness (QED) is 0.106. The molecule has 0 spiro atoms. The number of alkyl halides is 4. The highest BCUT2D eigenvalue weighted by Crippen LogP contribution is 2.37. The standard InChI is InChI=1S/C41H47F4N13O3/c1-54-33-15-25(4-7-27(33)36(52-54)28-8-9-35(59)51-40(28)60)48-31-10-12-55(20-30(31)43)17-22-2-5-26(6-3-22)58-21-32(37(53-58)38(44)45)49-41(61)29-16-47-57-13-11-34(50-39(29)57)56-18-23(42)14-24(46)19-56/h4,7,11,13,15-16,21-23,26,28,30-31,38,46,48H,2-3,5-6,8-10,12,14,17-20H2,1H3,(H,49,61)(H,51,59,60)/t22?,23-,26?,28?,30-,31+/m1/s1. The van der Waals surface area contributed by atoms with Gasteiger partial charge in [0.1, 0.15) is 23.7 Å². The van der Waals surface area contributed by atoms with Crippen molar-refractivity contribution in [1.29, 1.82) is 5.41 Å². The van der Waals surface area contributed by atoms with Crippen LogP contribution in [0.2, 0.25) is 0 Å². The predicted octanol–water partition coefficient (Wildman–Crippen LogP) is 5.35. The summed E-state index contributed by atoms with van der Waals surface area (Å²) in [6.07, 6.45) is 3.40. The third-order valence-corrected chi connectivity index (χ3v) is 12.5. The number of likely N-dealkylation sites (tertiary alicyclic amines) is 1. The number of benzene rings is 1. The van der Waals surface area contributed by atoms with Crippen LogP contribution in [0.1, 0.15) is 91.5 Å². The first-order valence-corrected chi connectivity index (χ1v) is 20.8.